The molecule has 0 bridgehead atoms. The van der Waals surface area contributed by atoms with Crippen LogP contribution in [0.2, 0.25) is 5.02 Å². The molecule has 1 aliphatic heterocycles. The molecular formula is C19H19ClN4O3S2. The monoisotopic (exact) mass is 450 g/mol. The highest BCUT2D eigenvalue weighted by Crippen LogP contribution is 2.40. The van der Waals surface area contributed by atoms with E-state index in [0.717, 1.165) is 24.4 Å². The molecule has 152 valence electrons. The predicted octanol–water partition coefficient (Wildman–Crippen LogP) is 3.56. The van der Waals surface area contributed by atoms with Gasteiger partial charge in [0.05, 0.1) is 10.6 Å². The van der Waals surface area contributed by atoms with E-state index in [2.05, 4.69) is 15.2 Å². The van der Waals surface area contributed by atoms with Gasteiger partial charge in [0.15, 0.2) is 4.21 Å². The highest BCUT2D eigenvalue weighted by Gasteiger charge is 2.29. The van der Waals surface area contributed by atoms with E-state index >= 15 is 0 Å². The average molecular weight is 451 g/mol. The van der Waals surface area contributed by atoms with Crippen LogP contribution in [-0.4, -0.2) is 62.5 Å². The topological polar surface area (TPSA) is 82.6 Å². The zero-order valence-electron chi connectivity index (χ0n) is 15.6. The maximum Gasteiger partial charge on any atom is 0.322 e. The molecule has 3 aromatic rings. The van der Waals surface area contributed by atoms with Gasteiger partial charge in [-0.15, -0.1) is 11.3 Å². The van der Waals surface area contributed by atoms with E-state index in [4.69, 9.17) is 11.6 Å². The maximum atomic E-state index is 13.3. The summed E-state index contributed by atoms with van der Waals surface area (Å²) in [6, 6.07) is 9.15. The molecule has 7 nitrogen and oxygen atoms in total. The van der Waals surface area contributed by atoms with Crippen LogP contribution >= 0.6 is 22.9 Å². The van der Waals surface area contributed by atoms with Gasteiger partial charge in [-0.05, 0) is 43.4 Å². The molecule has 0 saturated carbocycles. The summed E-state index contributed by atoms with van der Waals surface area (Å²) >= 11 is 6.95. The molecule has 1 saturated heterocycles. The molecule has 0 unspecified atom stereocenters. The number of likely N-dealkylation sites (N-methyl/N-ethyl adjacent to an activating group) is 1. The molecule has 1 fully saturated rings. The number of carbonyl (C=O) groups is 1. The number of carbonyl (C=O) groups excluding carboxylic acids is 1. The van der Waals surface area contributed by atoms with E-state index in [-0.39, 0.29) is 20.8 Å². The van der Waals surface area contributed by atoms with Gasteiger partial charge in [0.2, 0.25) is 9.84 Å². The first kappa shape index (κ1) is 20.1. The number of aromatic nitrogens is 1. The maximum absolute atomic E-state index is 13.3. The van der Waals surface area contributed by atoms with Gasteiger partial charge < -0.3 is 15.1 Å². The summed E-state index contributed by atoms with van der Waals surface area (Å²) in [6.07, 6.45) is 1.60. The summed E-state index contributed by atoms with van der Waals surface area (Å²) < 4.78 is 26.7. The number of thiophene rings is 1. The lowest BCUT2D eigenvalue weighted by molar-refractivity contribution is 0.164. The Kier molecular flexibility index (Phi) is 5.48. The van der Waals surface area contributed by atoms with Crippen LogP contribution in [0.4, 0.5) is 10.5 Å². The van der Waals surface area contributed by atoms with Gasteiger partial charge in [0.1, 0.15) is 4.83 Å². The van der Waals surface area contributed by atoms with Crippen molar-refractivity contribution in [3.8, 4) is 0 Å². The minimum atomic E-state index is -3.85. The van der Waals surface area contributed by atoms with E-state index < -0.39 is 9.84 Å². The smallest absolute Gasteiger partial charge is 0.322 e. The van der Waals surface area contributed by atoms with Gasteiger partial charge in [-0.1, -0.05) is 11.6 Å². The molecule has 2 aromatic heterocycles. The Morgan fingerprint density at radius 1 is 1.14 bits per heavy atom. The van der Waals surface area contributed by atoms with Crippen molar-refractivity contribution in [2.75, 3.05) is 38.5 Å². The third-order valence-corrected chi connectivity index (χ3v) is 8.48. The number of rotatable bonds is 3. The minimum Gasteiger partial charge on any atom is -0.322 e. The third kappa shape index (κ3) is 3.95. The van der Waals surface area contributed by atoms with Crippen LogP contribution in [0.1, 0.15) is 0 Å². The lowest BCUT2D eigenvalue weighted by Gasteiger charge is -2.32. The number of pyridine rings is 1. The lowest BCUT2D eigenvalue weighted by Crippen LogP contribution is -2.48. The average Bonchev–Trinajstić information content (AvgIpc) is 3.08. The summed E-state index contributed by atoms with van der Waals surface area (Å²) in [7, 11) is -1.85. The van der Waals surface area contributed by atoms with Crippen molar-refractivity contribution in [1.29, 1.82) is 0 Å². The van der Waals surface area contributed by atoms with Crippen LogP contribution in [0.25, 0.3) is 10.2 Å². The van der Waals surface area contributed by atoms with Crippen LogP contribution in [0, 0.1) is 0 Å². The summed E-state index contributed by atoms with van der Waals surface area (Å²) in [5.74, 6) is 0. The van der Waals surface area contributed by atoms with Crippen molar-refractivity contribution in [3.63, 3.8) is 0 Å². The summed E-state index contributed by atoms with van der Waals surface area (Å²) in [5, 5.41) is 3.89. The summed E-state index contributed by atoms with van der Waals surface area (Å²) in [4.78, 5) is 21.6. The first-order valence-electron chi connectivity index (χ1n) is 8.99. The number of amides is 2. The number of sulfone groups is 1. The number of hydrogen-bond donors (Lipinski definition) is 1. The highest BCUT2D eigenvalue weighted by molar-refractivity contribution is 7.93. The molecule has 3 heterocycles. The number of piperazine rings is 1. The molecule has 1 aliphatic rings. The van der Waals surface area contributed by atoms with Crippen molar-refractivity contribution >= 4 is 54.7 Å². The molecule has 0 spiro atoms. The number of nitrogens with zero attached hydrogens (tertiary/aromatic N) is 3. The van der Waals surface area contributed by atoms with Crippen molar-refractivity contribution in [2.24, 2.45) is 0 Å². The second kappa shape index (κ2) is 7.91. The minimum absolute atomic E-state index is 0.0657. The molecule has 0 aliphatic carbocycles. The Morgan fingerprint density at radius 3 is 2.52 bits per heavy atom. The Labute approximate surface area is 177 Å². The highest BCUT2D eigenvalue weighted by atomic mass is 35.5. The lowest BCUT2D eigenvalue weighted by atomic mass is 10.3. The van der Waals surface area contributed by atoms with Gasteiger partial charge in [-0.25, -0.2) is 18.2 Å². The number of fused-ring (bicyclic) bond motifs is 1. The normalized spacial score (nSPS) is 15.6. The number of benzene rings is 1. The Hall–Kier alpha value is -2.20. The standard InChI is InChI=1S/C19H19ClN4O3S2/c1-23-9-11-24(12-10-23)19(25)22-16-15-3-2-8-21-17(15)28-18(16)29(26,27)14-6-4-13(20)5-7-14/h2-8H,9-12H2,1H3,(H,22,25). The number of halogens is 1. The molecule has 4 rings (SSSR count). The fraction of sp³-hybridized carbons (Fsp3) is 0.263. The van der Waals surface area contributed by atoms with Crippen LogP contribution in [0.5, 0.6) is 0 Å². The quantitative estimate of drug-likeness (QED) is 0.659. The molecule has 1 aromatic carbocycles. The fourth-order valence-corrected chi connectivity index (χ4v) is 6.20. The molecule has 2 amide bonds. The van der Waals surface area contributed by atoms with Gasteiger partial charge in [0, 0.05) is 42.8 Å². The van der Waals surface area contributed by atoms with E-state index in [1.165, 1.54) is 24.3 Å². The molecule has 0 radical (unpaired) electrons. The summed E-state index contributed by atoms with van der Waals surface area (Å²) in [5.41, 5.74) is 0.275. The first-order chi connectivity index (χ1) is 13.9. The van der Waals surface area contributed by atoms with E-state index in [0.29, 0.717) is 28.3 Å². The molecule has 0 atom stereocenters. The second-order valence-corrected chi connectivity index (χ2v) is 10.4. The van der Waals surface area contributed by atoms with Crippen LogP contribution in [0.15, 0.2) is 51.7 Å². The van der Waals surface area contributed by atoms with Crippen molar-refractivity contribution < 1.29 is 13.2 Å². The summed E-state index contributed by atoms with van der Waals surface area (Å²) in [6.45, 7) is 2.72. The SMILES string of the molecule is CN1CCN(C(=O)Nc2c(S(=O)(=O)c3ccc(Cl)cc3)sc3ncccc23)CC1. The number of anilines is 1. The molecule has 10 heteroatoms. The Morgan fingerprint density at radius 2 is 1.83 bits per heavy atom. The van der Waals surface area contributed by atoms with Crippen molar-refractivity contribution in [3.05, 3.63) is 47.6 Å². The number of nitrogens with one attached hydrogen (secondary N) is 1. The third-order valence-electron chi connectivity index (χ3n) is 4.82. The van der Waals surface area contributed by atoms with E-state index in [1.54, 1.807) is 23.2 Å². The molecule has 1 N–H and O–H groups in total. The Bertz CT molecular complexity index is 1150. The Balaban J connectivity index is 1.75. The van der Waals surface area contributed by atoms with Gasteiger partial charge in [-0.2, -0.15) is 0 Å². The van der Waals surface area contributed by atoms with Gasteiger partial charge in [0.25, 0.3) is 0 Å². The molecular weight excluding hydrogens is 432 g/mol. The zero-order valence-corrected chi connectivity index (χ0v) is 18.0. The first-order valence-corrected chi connectivity index (χ1v) is 11.7. The van der Waals surface area contributed by atoms with Crippen LogP contribution in [0.3, 0.4) is 0 Å². The molecule has 29 heavy (non-hydrogen) atoms. The zero-order chi connectivity index (χ0) is 20.6. The number of hydrogen-bond acceptors (Lipinski definition) is 6. The number of urea groups is 1. The van der Waals surface area contributed by atoms with E-state index in [1.807, 2.05) is 7.05 Å². The van der Waals surface area contributed by atoms with E-state index in [9.17, 15) is 13.2 Å². The van der Waals surface area contributed by atoms with Crippen molar-refractivity contribution in [2.45, 2.75) is 9.10 Å². The predicted molar refractivity (Wildman–Crippen MR) is 115 cm³/mol. The van der Waals surface area contributed by atoms with Crippen LogP contribution < -0.4 is 5.32 Å². The van der Waals surface area contributed by atoms with Gasteiger partial charge in [-0.3, -0.25) is 0 Å². The fourth-order valence-electron chi connectivity index (χ4n) is 3.14. The largest absolute Gasteiger partial charge is 0.322 e. The second-order valence-electron chi connectivity index (χ2n) is 6.80. The van der Waals surface area contributed by atoms with Crippen LogP contribution in [-0.2, 0) is 9.84 Å². The van der Waals surface area contributed by atoms with Crippen molar-refractivity contribution in [1.82, 2.24) is 14.8 Å². The van der Waals surface area contributed by atoms with Gasteiger partial charge >= 0.3 is 6.03 Å².